The van der Waals surface area contributed by atoms with Crippen LogP contribution in [0.5, 0.6) is 0 Å². The Hall–Kier alpha value is -3.46. The summed E-state index contributed by atoms with van der Waals surface area (Å²) < 4.78 is 30.0. The minimum atomic E-state index is -4.03. The highest BCUT2D eigenvalue weighted by Gasteiger charge is 2.28. The zero-order valence-electron chi connectivity index (χ0n) is 20.7. The summed E-state index contributed by atoms with van der Waals surface area (Å²) in [5, 5.41) is 4.79. The molecule has 9 heteroatoms. The van der Waals surface area contributed by atoms with Crippen molar-refractivity contribution >= 4 is 54.9 Å². The number of para-hydroxylation sites is 1. The fourth-order valence-corrected chi connectivity index (χ4v) is 5.59. The standard InChI is InChI=1S/C29H25BrClN3O3S/c1-20-7-17-26(18-8-20)38(36,37)34(19-22-9-15-25(31)16-10-22)28-6-4-3-5-27(28)29(35)33-32-21(2)23-11-13-24(30)14-12-23/h3-18H,19H2,1-2H3,(H,33,35)/b32-21+. The molecule has 4 aromatic rings. The molecule has 0 aliphatic rings. The van der Waals surface area contributed by atoms with Crippen LogP contribution in [0.15, 0.2) is 112 Å². The second-order valence-electron chi connectivity index (χ2n) is 8.61. The zero-order chi connectivity index (χ0) is 27.3. The number of halogens is 2. The highest BCUT2D eigenvalue weighted by molar-refractivity contribution is 9.10. The monoisotopic (exact) mass is 609 g/mol. The van der Waals surface area contributed by atoms with E-state index in [-0.39, 0.29) is 22.7 Å². The SMILES string of the molecule is C/C(=N\NC(=O)c1ccccc1N(Cc1ccc(Cl)cc1)S(=O)(=O)c1ccc(C)cc1)c1ccc(Br)cc1. The quantitative estimate of drug-likeness (QED) is 0.173. The number of carbonyl (C=O) groups is 1. The van der Waals surface area contributed by atoms with Crippen LogP contribution in [0.2, 0.25) is 5.02 Å². The molecular formula is C29H25BrClN3O3S. The Morgan fingerprint density at radius 2 is 1.55 bits per heavy atom. The second-order valence-corrected chi connectivity index (χ2v) is 11.8. The van der Waals surface area contributed by atoms with Gasteiger partial charge in [-0.05, 0) is 73.5 Å². The van der Waals surface area contributed by atoms with Gasteiger partial charge < -0.3 is 0 Å². The number of benzene rings is 4. The number of aryl methyl sites for hydroxylation is 1. The van der Waals surface area contributed by atoms with Crippen molar-refractivity contribution in [2.24, 2.45) is 5.10 Å². The van der Waals surface area contributed by atoms with E-state index in [2.05, 4.69) is 26.5 Å². The van der Waals surface area contributed by atoms with Gasteiger partial charge in [-0.1, -0.05) is 81.6 Å². The second kappa shape index (κ2) is 11.9. The fraction of sp³-hybridized carbons (Fsp3) is 0.103. The number of hydrogen-bond donors (Lipinski definition) is 1. The molecule has 0 atom stereocenters. The van der Waals surface area contributed by atoms with E-state index < -0.39 is 15.9 Å². The number of carbonyl (C=O) groups excluding carboxylic acids is 1. The number of amides is 1. The Kier molecular flexibility index (Phi) is 8.66. The molecule has 0 aromatic heterocycles. The number of hydrazone groups is 1. The fourth-order valence-electron chi connectivity index (χ4n) is 3.73. The lowest BCUT2D eigenvalue weighted by atomic mass is 10.1. The van der Waals surface area contributed by atoms with Crippen molar-refractivity contribution in [1.29, 1.82) is 0 Å². The van der Waals surface area contributed by atoms with Crippen LogP contribution in [0.3, 0.4) is 0 Å². The van der Waals surface area contributed by atoms with Crippen LogP contribution in [0.1, 0.15) is 34.0 Å². The van der Waals surface area contributed by atoms with Crippen LogP contribution >= 0.6 is 27.5 Å². The highest BCUT2D eigenvalue weighted by atomic mass is 79.9. The lowest BCUT2D eigenvalue weighted by molar-refractivity contribution is 0.0955. The molecule has 0 heterocycles. The van der Waals surface area contributed by atoms with E-state index in [0.29, 0.717) is 16.3 Å². The molecule has 0 bridgehead atoms. The molecule has 0 aliphatic heterocycles. The van der Waals surface area contributed by atoms with Crippen molar-refractivity contribution in [2.75, 3.05) is 4.31 Å². The minimum absolute atomic E-state index is 0.00113. The van der Waals surface area contributed by atoms with Crippen LogP contribution < -0.4 is 9.73 Å². The smallest absolute Gasteiger partial charge is 0.267 e. The molecule has 0 saturated heterocycles. The Morgan fingerprint density at radius 3 is 2.21 bits per heavy atom. The first-order valence-corrected chi connectivity index (χ1v) is 14.3. The zero-order valence-corrected chi connectivity index (χ0v) is 23.9. The molecule has 0 spiro atoms. The Balaban J connectivity index is 1.73. The lowest BCUT2D eigenvalue weighted by Gasteiger charge is -2.26. The van der Waals surface area contributed by atoms with Gasteiger partial charge in [0.2, 0.25) is 0 Å². The summed E-state index contributed by atoms with van der Waals surface area (Å²) in [6.07, 6.45) is 0. The van der Waals surface area contributed by atoms with E-state index in [1.165, 1.54) is 4.31 Å². The molecular weight excluding hydrogens is 586 g/mol. The molecule has 0 unspecified atom stereocenters. The molecule has 0 radical (unpaired) electrons. The maximum absolute atomic E-state index is 13.9. The van der Waals surface area contributed by atoms with Crippen LogP contribution in [0.25, 0.3) is 0 Å². The minimum Gasteiger partial charge on any atom is -0.267 e. The highest BCUT2D eigenvalue weighted by Crippen LogP contribution is 2.30. The summed E-state index contributed by atoms with van der Waals surface area (Å²) in [7, 11) is -4.03. The van der Waals surface area contributed by atoms with E-state index in [0.717, 1.165) is 15.6 Å². The van der Waals surface area contributed by atoms with Crippen LogP contribution in [0, 0.1) is 6.92 Å². The third-order valence-corrected chi connectivity index (χ3v) is 8.41. The average molecular weight is 611 g/mol. The van der Waals surface area contributed by atoms with Crippen molar-refractivity contribution in [2.45, 2.75) is 25.3 Å². The van der Waals surface area contributed by atoms with Crippen molar-refractivity contribution in [3.8, 4) is 0 Å². The van der Waals surface area contributed by atoms with Gasteiger partial charge in [-0.3, -0.25) is 9.10 Å². The summed E-state index contributed by atoms with van der Waals surface area (Å²) >= 11 is 9.45. The summed E-state index contributed by atoms with van der Waals surface area (Å²) in [5.41, 5.74) is 6.08. The van der Waals surface area contributed by atoms with Crippen molar-refractivity contribution in [1.82, 2.24) is 5.43 Å². The number of rotatable bonds is 8. The Bertz CT molecular complexity index is 1570. The lowest BCUT2D eigenvalue weighted by Crippen LogP contribution is -2.33. The molecule has 0 aliphatic carbocycles. The van der Waals surface area contributed by atoms with E-state index in [9.17, 15) is 13.2 Å². The van der Waals surface area contributed by atoms with E-state index >= 15 is 0 Å². The van der Waals surface area contributed by atoms with Gasteiger partial charge in [0.25, 0.3) is 15.9 Å². The predicted molar refractivity (Wildman–Crippen MR) is 156 cm³/mol. The van der Waals surface area contributed by atoms with Gasteiger partial charge in [-0.25, -0.2) is 13.8 Å². The summed E-state index contributed by atoms with van der Waals surface area (Å²) in [4.78, 5) is 13.4. The van der Waals surface area contributed by atoms with Gasteiger partial charge in [0.15, 0.2) is 0 Å². The molecule has 0 fully saturated rings. The third kappa shape index (κ3) is 6.51. The topological polar surface area (TPSA) is 78.8 Å². The van der Waals surface area contributed by atoms with Gasteiger partial charge in [-0.15, -0.1) is 0 Å². The summed E-state index contributed by atoms with van der Waals surface area (Å²) in [6.45, 7) is 3.67. The number of sulfonamides is 1. The molecule has 1 amide bonds. The average Bonchev–Trinajstić information content (AvgIpc) is 2.92. The normalized spacial score (nSPS) is 11.7. The van der Waals surface area contributed by atoms with Crippen molar-refractivity contribution < 1.29 is 13.2 Å². The Morgan fingerprint density at radius 1 is 0.921 bits per heavy atom. The number of hydrogen-bond acceptors (Lipinski definition) is 4. The maximum Gasteiger partial charge on any atom is 0.273 e. The van der Waals surface area contributed by atoms with E-state index in [1.54, 1.807) is 79.7 Å². The molecule has 4 rings (SSSR count). The maximum atomic E-state index is 13.9. The van der Waals surface area contributed by atoms with Gasteiger partial charge in [0.05, 0.1) is 28.4 Å². The molecule has 6 nitrogen and oxygen atoms in total. The molecule has 1 N–H and O–H groups in total. The number of nitrogens with one attached hydrogen (secondary N) is 1. The van der Waals surface area contributed by atoms with Crippen molar-refractivity contribution in [3.05, 3.63) is 129 Å². The Labute approximate surface area is 236 Å². The number of nitrogens with zero attached hydrogens (tertiary/aromatic N) is 2. The van der Waals surface area contributed by atoms with Crippen molar-refractivity contribution in [3.63, 3.8) is 0 Å². The van der Waals surface area contributed by atoms with E-state index in [1.807, 2.05) is 31.2 Å². The first kappa shape index (κ1) is 27.6. The predicted octanol–water partition coefficient (Wildman–Crippen LogP) is 6.96. The van der Waals surface area contributed by atoms with E-state index in [4.69, 9.17) is 11.6 Å². The first-order valence-electron chi connectivity index (χ1n) is 11.7. The van der Waals surface area contributed by atoms with Crippen LogP contribution in [0.4, 0.5) is 5.69 Å². The van der Waals surface area contributed by atoms with Gasteiger partial charge in [0, 0.05) is 9.50 Å². The first-order chi connectivity index (χ1) is 18.1. The largest absolute Gasteiger partial charge is 0.273 e. The molecule has 194 valence electrons. The van der Waals surface area contributed by atoms with Crippen LogP contribution in [-0.2, 0) is 16.6 Å². The summed E-state index contributed by atoms with van der Waals surface area (Å²) in [6, 6.07) is 27.6. The molecule has 38 heavy (non-hydrogen) atoms. The summed E-state index contributed by atoms with van der Waals surface area (Å²) in [5.74, 6) is -0.530. The molecule has 0 saturated carbocycles. The van der Waals surface area contributed by atoms with Crippen LogP contribution in [-0.4, -0.2) is 20.0 Å². The third-order valence-electron chi connectivity index (χ3n) is 5.85. The van der Waals surface area contributed by atoms with Gasteiger partial charge >= 0.3 is 0 Å². The van der Waals surface area contributed by atoms with Gasteiger partial charge in [-0.2, -0.15) is 5.10 Å². The number of anilines is 1. The molecule has 4 aromatic carbocycles. The van der Waals surface area contributed by atoms with Gasteiger partial charge in [0.1, 0.15) is 0 Å².